The molecule has 3 rings (SSSR count). The Bertz CT molecular complexity index is 968. The molecule has 2 aromatic carbocycles. The van der Waals surface area contributed by atoms with Gasteiger partial charge < -0.3 is 4.74 Å². The van der Waals surface area contributed by atoms with Gasteiger partial charge in [0.05, 0.1) is 15.9 Å². The van der Waals surface area contributed by atoms with Crippen molar-refractivity contribution >= 4 is 52.2 Å². The number of rotatable bonds is 4. The van der Waals surface area contributed by atoms with Crippen molar-refractivity contribution in [3.8, 4) is 5.75 Å². The molecule has 0 unspecified atom stereocenters. The summed E-state index contributed by atoms with van der Waals surface area (Å²) in [6.45, 7) is 4.24. The van der Waals surface area contributed by atoms with E-state index in [-0.39, 0.29) is 5.57 Å². The van der Waals surface area contributed by atoms with Crippen molar-refractivity contribution in [1.82, 2.24) is 5.32 Å². The number of barbiturate groups is 1. The average Bonchev–Trinajstić information content (AvgIpc) is 2.62. The van der Waals surface area contributed by atoms with Gasteiger partial charge in [-0.05, 0) is 71.8 Å². The van der Waals surface area contributed by atoms with Crippen molar-refractivity contribution in [2.75, 3.05) is 11.5 Å². The maximum Gasteiger partial charge on any atom is 0.335 e. The molecule has 2 aromatic rings. The van der Waals surface area contributed by atoms with Gasteiger partial charge in [0.1, 0.15) is 11.3 Å². The number of para-hydroxylation sites is 1. The van der Waals surface area contributed by atoms with Crippen LogP contribution in [0.15, 0.2) is 48.0 Å². The minimum absolute atomic E-state index is 0.0992. The first-order valence-corrected chi connectivity index (χ1v) is 9.39. The quantitative estimate of drug-likeness (QED) is 0.415. The van der Waals surface area contributed by atoms with Crippen molar-refractivity contribution in [3.05, 3.63) is 62.7 Å². The number of halogens is 1. The van der Waals surface area contributed by atoms with Gasteiger partial charge in [-0.15, -0.1) is 0 Å². The lowest BCUT2D eigenvalue weighted by Gasteiger charge is -2.27. The van der Waals surface area contributed by atoms with E-state index in [0.717, 1.165) is 19.8 Å². The zero-order chi connectivity index (χ0) is 19.6. The molecular weight excluding hydrogens is 459 g/mol. The topological polar surface area (TPSA) is 75.7 Å². The van der Waals surface area contributed by atoms with E-state index in [0.29, 0.717) is 17.9 Å². The fraction of sp³-hybridized carbons (Fsp3) is 0.150. The lowest BCUT2D eigenvalue weighted by atomic mass is 10.1. The first-order valence-electron chi connectivity index (χ1n) is 8.31. The Kier molecular flexibility index (Phi) is 5.59. The first kappa shape index (κ1) is 19.1. The van der Waals surface area contributed by atoms with Gasteiger partial charge >= 0.3 is 6.03 Å². The second-order valence-electron chi connectivity index (χ2n) is 5.87. The number of hydrogen-bond acceptors (Lipinski definition) is 4. The number of benzene rings is 2. The summed E-state index contributed by atoms with van der Waals surface area (Å²) in [5.74, 6) is -0.628. The summed E-state index contributed by atoms with van der Waals surface area (Å²) in [6, 6.07) is 11.6. The highest BCUT2D eigenvalue weighted by Crippen LogP contribution is 2.27. The minimum atomic E-state index is -0.752. The average molecular weight is 476 g/mol. The van der Waals surface area contributed by atoms with Crippen LogP contribution in [0.1, 0.15) is 18.1 Å². The number of amides is 4. The van der Waals surface area contributed by atoms with Crippen LogP contribution in [0.25, 0.3) is 6.08 Å². The van der Waals surface area contributed by atoms with Gasteiger partial charge in [-0.25, -0.2) is 9.69 Å². The molecule has 1 heterocycles. The zero-order valence-corrected chi connectivity index (χ0v) is 16.9. The van der Waals surface area contributed by atoms with Crippen LogP contribution in [-0.2, 0) is 9.59 Å². The second kappa shape index (κ2) is 7.91. The van der Waals surface area contributed by atoms with Gasteiger partial charge in [-0.1, -0.05) is 24.3 Å². The lowest BCUT2D eigenvalue weighted by Crippen LogP contribution is -2.54. The van der Waals surface area contributed by atoms with Gasteiger partial charge in [-0.2, -0.15) is 0 Å². The molecule has 0 saturated carbocycles. The van der Waals surface area contributed by atoms with Crippen LogP contribution in [0, 0.1) is 10.5 Å². The number of nitrogens with one attached hydrogen (secondary N) is 1. The van der Waals surface area contributed by atoms with E-state index >= 15 is 0 Å². The van der Waals surface area contributed by atoms with Crippen molar-refractivity contribution in [3.63, 3.8) is 0 Å². The molecule has 0 radical (unpaired) electrons. The molecule has 1 aliphatic rings. The number of ether oxygens (including phenoxy) is 1. The molecule has 0 atom stereocenters. The third-order valence-corrected chi connectivity index (χ3v) is 4.87. The summed E-state index contributed by atoms with van der Waals surface area (Å²) >= 11 is 2.13. The van der Waals surface area contributed by atoms with Gasteiger partial charge in [0, 0.05) is 0 Å². The number of carbonyl (C=O) groups excluding carboxylic acids is 3. The van der Waals surface area contributed by atoms with E-state index in [1.807, 2.05) is 19.1 Å². The van der Waals surface area contributed by atoms with Crippen LogP contribution in [0.2, 0.25) is 0 Å². The van der Waals surface area contributed by atoms with Gasteiger partial charge in [0.2, 0.25) is 0 Å². The first-order chi connectivity index (χ1) is 12.9. The smallest absolute Gasteiger partial charge is 0.335 e. The predicted molar refractivity (Wildman–Crippen MR) is 111 cm³/mol. The summed E-state index contributed by atoms with van der Waals surface area (Å²) < 4.78 is 6.36. The Morgan fingerprint density at radius 1 is 1.15 bits per heavy atom. The Morgan fingerprint density at radius 2 is 1.89 bits per heavy atom. The Hall–Kier alpha value is -2.68. The van der Waals surface area contributed by atoms with Crippen LogP contribution in [-0.4, -0.2) is 24.5 Å². The Morgan fingerprint density at radius 3 is 2.56 bits per heavy atom. The summed E-state index contributed by atoms with van der Waals surface area (Å²) in [7, 11) is 0. The normalized spacial score (nSPS) is 15.9. The summed E-state index contributed by atoms with van der Waals surface area (Å²) in [4.78, 5) is 38.4. The molecule has 6 nitrogen and oxygen atoms in total. The molecule has 0 spiro atoms. The van der Waals surface area contributed by atoms with Crippen LogP contribution >= 0.6 is 22.6 Å². The Labute approximate surface area is 170 Å². The molecule has 27 heavy (non-hydrogen) atoms. The largest absolute Gasteiger partial charge is 0.493 e. The molecule has 0 bridgehead atoms. The monoisotopic (exact) mass is 476 g/mol. The zero-order valence-electron chi connectivity index (χ0n) is 14.8. The molecule has 1 saturated heterocycles. The maximum atomic E-state index is 12.9. The van der Waals surface area contributed by atoms with Crippen LogP contribution < -0.4 is 15.0 Å². The molecule has 4 amide bonds. The van der Waals surface area contributed by atoms with Crippen LogP contribution in [0.4, 0.5) is 10.5 Å². The van der Waals surface area contributed by atoms with E-state index in [2.05, 4.69) is 27.9 Å². The molecular formula is C20H17IN2O4. The SMILES string of the molecule is CCOc1ccc(C=C2C(=O)NC(=O)N(c3ccccc3C)C2=O)cc1I. The number of carbonyl (C=O) groups is 3. The number of hydrogen-bond donors (Lipinski definition) is 1. The summed E-state index contributed by atoms with van der Waals surface area (Å²) in [5, 5.41) is 2.23. The fourth-order valence-electron chi connectivity index (χ4n) is 2.74. The lowest BCUT2D eigenvalue weighted by molar-refractivity contribution is -0.122. The van der Waals surface area contributed by atoms with Crippen LogP contribution in [0.5, 0.6) is 5.75 Å². The van der Waals surface area contributed by atoms with E-state index in [1.165, 1.54) is 6.08 Å². The fourth-order valence-corrected chi connectivity index (χ4v) is 3.43. The molecule has 1 fully saturated rings. The molecule has 0 aromatic heterocycles. The van der Waals surface area contributed by atoms with E-state index in [4.69, 9.17) is 4.74 Å². The number of anilines is 1. The molecule has 7 heteroatoms. The number of imide groups is 2. The summed E-state index contributed by atoms with van der Waals surface area (Å²) in [6.07, 6.45) is 1.48. The molecule has 1 N–H and O–H groups in total. The highest BCUT2D eigenvalue weighted by molar-refractivity contribution is 14.1. The van der Waals surface area contributed by atoms with Crippen molar-refractivity contribution in [2.24, 2.45) is 0 Å². The predicted octanol–water partition coefficient (Wildman–Crippen LogP) is 3.66. The van der Waals surface area contributed by atoms with Crippen molar-refractivity contribution in [1.29, 1.82) is 0 Å². The van der Waals surface area contributed by atoms with E-state index in [1.54, 1.807) is 37.3 Å². The van der Waals surface area contributed by atoms with E-state index in [9.17, 15) is 14.4 Å². The number of nitrogens with zero attached hydrogens (tertiary/aromatic N) is 1. The van der Waals surface area contributed by atoms with Crippen molar-refractivity contribution in [2.45, 2.75) is 13.8 Å². The minimum Gasteiger partial charge on any atom is -0.493 e. The van der Waals surface area contributed by atoms with E-state index < -0.39 is 17.8 Å². The third kappa shape index (κ3) is 3.87. The maximum absolute atomic E-state index is 12.9. The second-order valence-corrected chi connectivity index (χ2v) is 7.03. The third-order valence-electron chi connectivity index (χ3n) is 4.02. The van der Waals surface area contributed by atoms with Crippen molar-refractivity contribution < 1.29 is 19.1 Å². The Balaban J connectivity index is 2.00. The highest BCUT2D eigenvalue weighted by atomic mass is 127. The molecule has 0 aliphatic carbocycles. The highest BCUT2D eigenvalue weighted by Gasteiger charge is 2.37. The number of aryl methyl sites for hydroxylation is 1. The van der Waals surface area contributed by atoms with Gasteiger partial charge in [0.15, 0.2) is 0 Å². The number of urea groups is 1. The summed E-state index contributed by atoms with van der Waals surface area (Å²) in [5.41, 5.74) is 1.77. The standard InChI is InChI=1S/C20H17IN2O4/c1-3-27-17-9-8-13(11-15(17)21)10-14-18(24)22-20(26)23(19(14)25)16-7-5-4-6-12(16)2/h4-11H,3H2,1-2H3,(H,22,24,26). The van der Waals surface area contributed by atoms with Gasteiger partial charge in [-0.3, -0.25) is 14.9 Å². The molecule has 138 valence electrons. The molecule has 1 aliphatic heterocycles. The van der Waals surface area contributed by atoms with Gasteiger partial charge in [0.25, 0.3) is 11.8 Å². The van der Waals surface area contributed by atoms with Crippen LogP contribution in [0.3, 0.4) is 0 Å².